The smallest absolute Gasteiger partial charge is 0.248 e. The van der Waals surface area contributed by atoms with E-state index in [1.807, 2.05) is 0 Å². The molecule has 5 heteroatoms. The minimum absolute atomic E-state index is 0.313. The second-order valence-electron chi connectivity index (χ2n) is 2.21. The zero-order valence-corrected chi connectivity index (χ0v) is 6.06. The summed E-state index contributed by atoms with van der Waals surface area (Å²) < 4.78 is 0. The van der Waals surface area contributed by atoms with Crippen molar-refractivity contribution in [3.8, 4) is 17.2 Å². The van der Waals surface area contributed by atoms with E-state index in [0.29, 0.717) is 5.56 Å². The molecule has 4 N–H and O–H groups in total. The van der Waals surface area contributed by atoms with Crippen molar-refractivity contribution < 1.29 is 25.5 Å². The highest BCUT2D eigenvalue weighted by Gasteiger charge is 2.10. The lowest BCUT2D eigenvalue weighted by molar-refractivity contribution is -0.140. The molecule has 1 aromatic carbocycles. The summed E-state index contributed by atoms with van der Waals surface area (Å²) in [6.07, 6.45) is 0. The van der Waals surface area contributed by atoms with Gasteiger partial charge in [-0.25, -0.2) is 5.26 Å². The summed E-state index contributed by atoms with van der Waals surface area (Å²) in [5, 5.41) is 34.9. The SMILES string of the molecule is OCc1cc(O)c(OO)c(O)c1. The zero-order chi connectivity index (χ0) is 9.14. The quantitative estimate of drug-likeness (QED) is 0.384. The molecule has 0 atom stereocenters. The maximum Gasteiger partial charge on any atom is 0.248 e. The van der Waals surface area contributed by atoms with Gasteiger partial charge in [0.15, 0.2) is 11.5 Å². The Hall–Kier alpha value is -1.46. The van der Waals surface area contributed by atoms with Gasteiger partial charge < -0.3 is 20.2 Å². The van der Waals surface area contributed by atoms with Crippen molar-refractivity contribution in [1.29, 1.82) is 0 Å². The molecule has 0 fully saturated rings. The van der Waals surface area contributed by atoms with E-state index in [1.165, 1.54) is 12.1 Å². The first-order chi connectivity index (χ1) is 5.69. The van der Waals surface area contributed by atoms with Crippen LogP contribution in [0, 0.1) is 0 Å². The fourth-order valence-corrected chi connectivity index (χ4v) is 0.840. The predicted octanol–water partition coefficient (Wildman–Crippen LogP) is 0.442. The molecule has 0 aliphatic rings. The number of aliphatic hydroxyl groups is 1. The molecule has 66 valence electrons. The van der Waals surface area contributed by atoms with E-state index in [4.69, 9.17) is 20.6 Å². The van der Waals surface area contributed by atoms with Crippen molar-refractivity contribution in [3.63, 3.8) is 0 Å². The summed E-state index contributed by atoms with van der Waals surface area (Å²) in [5.74, 6) is -1.28. The molecule has 0 unspecified atom stereocenters. The van der Waals surface area contributed by atoms with Gasteiger partial charge in [-0.2, -0.15) is 0 Å². The van der Waals surface area contributed by atoms with Crippen molar-refractivity contribution in [2.75, 3.05) is 0 Å². The lowest BCUT2D eigenvalue weighted by atomic mass is 10.2. The summed E-state index contributed by atoms with van der Waals surface area (Å²) in [5.41, 5.74) is 0.325. The standard InChI is InChI=1S/C7H8O5/c8-3-4-1-5(9)7(12-11)6(10)2-4/h1-2,8-11H,3H2. The fraction of sp³-hybridized carbons (Fsp3) is 0.143. The summed E-state index contributed by atoms with van der Waals surface area (Å²) in [4.78, 5) is 3.69. The Labute approximate surface area is 68.0 Å². The van der Waals surface area contributed by atoms with E-state index in [9.17, 15) is 0 Å². The molecule has 0 radical (unpaired) electrons. The summed E-state index contributed by atoms with van der Waals surface area (Å²) in [6.45, 7) is -0.313. The largest absolute Gasteiger partial charge is 0.504 e. The van der Waals surface area contributed by atoms with E-state index in [0.717, 1.165) is 0 Å². The predicted molar refractivity (Wildman–Crippen MR) is 39.0 cm³/mol. The molecule has 5 nitrogen and oxygen atoms in total. The average molecular weight is 172 g/mol. The number of aromatic hydroxyl groups is 2. The number of phenols is 2. The highest BCUT2D eigenvalue weighted by atomic mass is 17.1. The van der Waals surface area contributed by atoms with Crippen LogP contribution in [-0.4, -0.2) is 20.6 Å². The summed E-state index contributed by atoms with van der Waals surface area (Å²) >= 11 is 0. The number of phenolic OH excluding ortho intramolecular Hbond substituents is 2. The Morgan fingerprint density at radius 2 is 1.67 bits per heavy atom. The van der Waals surface area contributed by atoms with E-state index in [1.54, 1.807) is 0 Å². The van der Waals surface area contributed by atoms with Crippen LogP contribution in [0.25, 0.3) is 0 Å². The molecule has 0 bridgehead atoms. The van der Waals surface area contributed by atoms with Crippen LogP contribution in [0.3, 0.4) is 0 Å². The minimum atomic E-state index is -0.429. The van der Waals surface area contributed by atoms with Crippen LogP contribution in [0.15, 0.2) is 12.1 Å². The van der Waals surface area contributed by atoms with Gasteiger partial charge in [0.05, 0.1) is 6.61 Å². The van der Waals surface area contributed by atoms with Crippen molar-refractivity contribution >= 4 is 0 Å². The Morgan fingerprint density at radius 3 is 2.00 bits per heavy atom. The molecule has 0 saturated heterocycles. The molecular weight excluding hydrogens is 164 g/mol. The monoisotopic (exact) mass is 172 g/mol. The van der Waals surface area contributed by atoms with Gasteiger partial charge >= 0.3 is 0 Å². The molecule has 1 aromatic rings. The average Bonchev–Trinajstić information content (AvgIpc) is 2.03. The van der Waals surface area contributed by atoms with E-state index < -0.39 is 17.2 Å². The van der Waals surface area contributed by atoms with Crippen LogP contribution in [0.2, 0.25) is 0 Å². The van der Waals surface area contributed by atoms with Gasteiger partial charge in [-0.05, 0) is 17.7 Å². The van der Waals surface area contributed by atoms with Gasteiger partial charge in [-0.1, -0.05) is 0 Å². The van der Waals surface area contributed by atoms with Crippen LogP contribution >= 0.6 is 0 Å². The normalized spacial score (nSPS) is 9.83. The molecule has 0 aliphatic carbocycles. The van der Waals surface area contributed by atoms with E-state index in [-0.39, 0.29) is 6.61 Å². The van der Waals surface area contributed by atoms with Crippen LogP contribution in [0.5, 0.6) is 17.2 Å². The Kier molecular flexibility index (Phi) is 2.37. The molecule has 1 rings (SSSR count). The first kappa shape index (κ1) is 8.63. The molecule has 0 heterocycles. The van der Waals surface area contributed by atoms with Crippen LogP contribution in [-0.2, 0) is 6.61 Å². The first-order valence-electron chi connectivity index (χ1n) is 3.16. The van der Waals surface area contributed by atoms with Crippen molar-refractivity contribution in [2.45, 2.75) is 6.61 Å². The first-order valence-corrected chi connectivity index (χ1v) is 3.16. The minimum Gasteiger partial charge on any atom is -0.504 e. The third kappa shape index (κ3) is 1.41. The lowest BCUT2D eigenvalue weighted by Gasteiger charge is -2.04. The third-order valence-corrected chi connectivity index (χ3v) is 1.38. The molecule has 0 aromatic heterocycles. The molecule has 0 saturated carbocycles. The summed E-state index contributed by atoms with van der Waals surface area (Å²) in [6, 6.07) is 2.34. The molecule has 0 spiro atoms. The maximum atomic E-state index is 9.05. The molecule has 0 amide bonds. The summed E-state index contributed by atoms with van der Waals surface area (Å²) in [7, 11) is 0. The second-order valence-corrected chi connectivity index (χ2v) is 2.21. The maximum absolute atomic E-state index is 9.05. The number of hydrogen-bond donors (Lipinski definition) is 4. The molecular formula is C7H8O5. The van der Waals surface area contributed by atoms with Gasteiger partial charge in [0, 0.05) is 0 Å². The van der Waals surface area contributed by atoms with Gasteiger partial charge in [0.2, 0.25) is 5.75 Å². The third-order valence-electron chi connectivity index (χ3n) is 1.38. The Bertz CT molecular complexity index is 260. The van der Waals surface area contributed by atoms with E-state index in [2.05, 4.69) is 4.89 Å². The number of aliphatic hydroxyl groups excluding tert-OH is 1. The van der Waals surface area contributed by atoms with Gasteiger partial charge in [-0.3, -0.25) is 0 Å². The van der Waals surface area contributed by atoms with Crippen LogP contribution in [0.1, 0.15) is 5.56 Å². The Balaban J connectivity index is 3.18. The number of hydrogen-bond acceptors (Lipinski definition) is 5. The van der Waals surface area contributed by atoms with Gasteiger partial charge in [0.25, 0.3) is 0 Å². The van der Waals surface area contributed by atoms with E-state index >= 15 is 0 Å². The highest BCUT2D eigenvalue weighted by molar-refractivity contribution is 5.51. The second kappa shape index (κ2) is 3.29. The van der Waals surface area contributed by atoms with Gasteiger partial charge in [0.1, 0.15) is 0 Å². The van der Waals surface area contributed by atoms with Crippen LogP contribution < -0.4 is 4.89 Å². The molecule has 0 aliphatic heterocycles. The molecule has 12 heavy (non-hydrogen) atoms. The van der Waals surface area contributed by atoms with Crippen molar-refractivity contribution in [2.24, 2.45) is 0 Å². The highest BCUT2D eigenvalue weighted by Crippen LogP contribution is 2.36. The lowest BCUT2D eigenvalue weighted by Crippen LogP contribution is -1.88. The number of benzene rings is 1. The topological polar surface area (TPSA) is 90.2 Å². The van der Waals surface area contributed by atoms with Crippen molar-refractivity contribution in [1.82, 2.24) is 0 Å². The number of rotatable bonds is 2. The fourth-order valence-electron chi connectivity index (χ4n) is 0.840. The zero-order valence-electron chi connectivity index (χ0n) is 6.06. The van der Waals surface area contributed by atoms with Gasteiger partial charge in [-0.15, -0.1) is 0 Å². The van der Waals surface area contributed by atoms with Crippen molar-refractivity contribution in [3.05, 3.63) is 17.7 Å². The van der Waals surface area contributed by atoms with Crippen LogP contribution in [0.4, 0.5) is 0 Å². The Morgan fingerprint density at radius 1 is 1.17 bits per heavy atom.